The number of anilines is 1. The Morgan fingerprint density at radius 3 is 2.60 bits per heavy atom. The molecule has 0 unspecified atom stereocenters. The van der Waals surface area contributed by atoms with Crippen molar-refractivity contribution >= 4 is 46.0 Å². The zero-order chi connectivity index (χ0) is 30.0. The first-order chi connectivity index (χ1) is 20.1. The Hall–Kier alpha value is -3.50. The van der Waals surface area contributed by atoms with E-state index in [0.29, 0.717) is 31.2 Å². The van der Waals surface area contributed by atoms with E-state index in [1.807, 2.05) is 35.9 Å². The third kappa shape index (κ3) is 6.44. The molecule has 11 heteroatoms. The minimum atomic E-state index is -1.20. The van der Waals surface area contributed by atoms with Crippen molar-refractivity contribution < 1.29 is 32.6 Å². The van der Waals surface area contributed by atoms with Crippen molar-refractivity contribution in [2.24, 2.45) is 13.0 Å². The average Bonchev–Trinajstić information content (AvgIpc) is 3.53. The van der Waals surface area contributed by atoms with E-state index in [9.17, 15) is 18.8 Å². The highest BCUT2D eigenvalue weighted by Crippen LogP contribution is 2.31. The summed E-state index contributed by atoms with van der Waals surface area (Å²) in [6, 6.07) is 9.38. The van der Waals surface area contributed by atoms with E-state index in [1.54, 1.807) is 6.20 Å². The summed E-state index contributed by atoms with van der Waals surface area (Å²) in [5, 5.41) is 3.50. The summed E-state index contributed by atoms with van der Waals surface area (Å²) in [5.74, 6) is -1.92. The largest absolute Gasteiger partial charge is 0.469 e. The van der Waals surface area contributed by atoms with Gasteiger partial charge in [0.15, 0.2) is 0 Å². The molecule has 1 N–H and O–H groups in total. The lowest BCUT2D eigenvalue weighted by Crippen LogP contribution is -2.40. The smallest absolute Gasteiger partial charge is 0.308 e. The number of aryl methyl sites for hydroxylation is 1. The number of benzene rings is 2. The number of carbonyl (C=O) groups is 3. The lowest BCUT2D eigenvalue weighted by Gasteiger charge is -2.30. The molecule has 2 amide bonds. The van der Waals surface area contributed by atoms with Gasteiger partial charge < -0.3 is 24.3 Å². The van der Waals surface area contributed by atoms with Crippen molar-refractivity contribution in [3.63, 3.8) is 0 Å². The number of para-hydroxylation sites is 1. The maximum atomic E-state index is 15.1. The predicted molar refractivity (Wildman–Crippen MR) is 155 cm³/mol. The van der Waals surface area contributed by atoms with Gasteiger partial charge in [-0.1, -0.05) is 29.8 Å². The van der Waals surface area contributed by atoms with E-state index < -0.39 is 29.8 Å². The maximum Gasteiger partial charge on any atom is 0.308 e. The molecule has 1 aliphatic heterocycles. The lowest BCUT2D eigenvalue weighted by molar-refractivity contribution is -0.148. The number of hydrogen-bond donors (Lipinski definition) is 1. The van der Waals surface area contributed by atoms with Crippen LogP contribution in [-0.2, 0) is 32.5 Å². The molecular formula is C31H34ClF2N3O5. The van der Waals surface area contributed by atoms with Crippen molar-refractivity contribution in [3.8, 4) is 0 Å². The van der Waals surface area contributed by atoms with Crippen LogP contribution in [0.3, 0.4) is 0 Å². The second kappa shape index (κ2) is 12.8. The number of methoxy groups -OCH3 is 1. The molecule has 1 aromatic heterocycles. The van der Waals surface area contributed by atoms with Crippen LogP contribution in [0.5, 0.6) is 0 Å². The molecule has 1 aliphatic carbocycles. The SMILES string of the molecule is COC(=O)C1CCC(OC[C@@H]2C[C@H](F)CN2C(=O)Cc2cc(Cl)c(NC(=O)c3cn(C)c4ccccc34)cc2F)CC1. The summed E-state index contributed by atoms with van der Waals surface area (Å²) in [6.45, 7) is 0.0819. The highest BCUT2D eigenvalue weighted by atomic mass is 35.5. The number of amides is 2. The number of aromatic nitrogens is 1. The quantitative estimate of drug-likeness (QED) is 0.347. The Bertz CT molecular complexity index is 1490. The molecule has 0 bridgehead atoms. The molecule has 2 fully saturated rings. The summed E-state index contributed by atoms with van der Waals surface area (Å²) >= 11 is 6.41. The van der Waals surface area contributed by atoms with Crippen LogP contribution in [0.2, 0.25) is 5.02 Å². The van der Waals surface area contributed by atoms with Crippen molar-refractivity contribution in [1.82, 2.24) is 9.47 Å². The Kier molecular flexibility index (Phi) is 9.13. The van der Waals surface area contributed by atoms with Gasteiger partial charge in [-0.2, -0.15) is 0 Å². The molecule has 224 valence electrons. The highest BCUT2D eigenvalue weighted by Gasteiger charge is 2.37. The normalized spacial score (nSPS) is 22.4. The average molecular weight is 602 g/mol. The molecule has 2 aromatic carbocycles. The van der Waals surface area contributed by atoms with Crippen LogP contribution in [0, 0.1) is 11.7 Å². The minimum Gasteiger partial charge on any atom is -0.469 e. The van der Waals surface area contributed by atoms with Gasteiger partial charge >= 0.3 is 5.97 Å². The molecule has 42 heavy (non-hydrogen) atoms. The van der Waals surface area contributed by atoms with Gasteiger partial charge in [0, 0.05) is 30.6 Å². The zero-order valence-corrected chi connectivity index (χ0v) is 24.3. The van der Waals surface area contributed by atoms with Crippen LogP contribution in [0.1, 0.15) is 48.0 Å². The van der Waals surface area contributed by atoms with E-state index in [2.05, 4.69) is 5.32 Å². The van der Waals surface area contributed by atoms with E-state index in [-0.39, 0.29) is 60.3 Å². The summed E-state index contributed by atoms with van der Waals surface area (Å²) < 4.78 is 42.2. The molecule has 8 nitrogen and oxygen atoms in total. The topological polar surface area (TPSA) is 89.9 Å². The molecule has 0 spiro atoms. The summed E-state index contributed by atoms with van der Waals surface area (Å²) in [7, 11) is 3.21. The number of fused-ring (bicyclic) bond motifs is 1. The van der Waals surface area contributed by atoms with Crippen molar-refractivity contribution in [3.05, 3.63) is 64.6 Å². The Morgan fingerprint density at radius 1 is 1.12 bits per heavy atom. The number of halogens is 3. The number of ether oxygens (including phenoxy) is 2. The fourth-order valence-electron chi connectivity index (χ4n) is 6.00. The fourth-order valence-corrected chi connectivity index (χ4v) is 6.23. The number of nitrogens with one attached hydrogen (secondary N) is 1. The molecule has 0 radical (unpaired) electrons. The first kappa shape index (κ1) is 30.0. The molecule has 2 aliphatic rings. The Labute approximate surface area is 247 Å². The Morgan fingerprint density at radius 2 is 1.86 bits per heavy atom. The maximum absolute atomic E-state index is 15.1. The first-order valence-electron chi connectivity index (χ1n) is 14.1. The lowest BCUT2D eigenvalue weighted by atomic mass is 9.87. The highest BCUT2D eigenvalue weighted by molar-refractivity contribution is 6.34. The summed E-state index contributed by atoms with van der Waals surface area (Å²) in [6.07, 6.45) is 2.95. The van der Waals surface area contributed by atoms with Gasteiger partial charge in [0.25, 0.3) is 5.91 Å². The molecule has 2 atom stereocenters. The van der Waals surface area contributed by atoms with E-state index in [4.69, 9.17) is 21.1 Å². The monoisotopic (exact) mass is 601 g/mol. The summed E-state index contributed by atoms with van der Waals surface area (Å²) in [5.41, 5.74) is 1.43. The second-order valence-corrected chi connectivity index (χ2v) is 11.5. The molecule has 1 saturated heterocycles. The standard InChI is InChI=1S/C31H34ClF2N3O5/c1-36-16-24(23-5-3-4-6-28(23)36)30(39)35-27-14-26(34)19(11-25(27)32)12-29(38)37-15-20(33)13-21(37)17-42-22-9-7-18(8-10-22)31(40)41-2/h3-6,11,14,16,18,20-22H,7-10,12-13,15,17H2,1-2H3,(H,35,39)/t18?,20-,21-,22?/m0/s1. The van der Waals surface area contributed by atoms with Gasteiger partial charge in [-0.25, -0.2) is 8.78 Å². The van der Waals surface area contributed by atoms with Gasteiger partial charge in [0.1, 0.15) is 12.0 Å². The minimum absolute atomic E-state index is 0.0521. The van der Waals surface area contributed by atoms with Crippen molar-refractivity contribution in [1.29, 1.82) is 0 Å². The fraction of sp³-hybridized carbons (Fsp3) is 0.452. The van der Waals surface area contributed by atoms with Gasteiger partial charge in [0.05, 0.1) is 61.0 Å². The van der Waals surface area contributed by atoms with Crippen LogP contribution < -0.4 is 5.32 Å². The number of hydrogen-bond acceptors (Lipinski definition) is 5. The number of rotatable bonds is 8. The molecular weight excluding hydrogens is 568 g/mol. The molecule has 3 aromatic rings. The first-order valence-corrected chi connectivity index (χ1v) is 14.5. The van der Waals surface area contributed by atoms with E-state index >= 15 is 4.39 Å². The van der Waals surface area contributed by atoms with E-state index in [0.717, 1.165) is 17.0 Å². The van der Waals surface area contributed by atoms with Crippen molar-refractivity contribution in [2.45, 2.75) is 56.8 Å². The zero-order valence-electron chi connectivity index (χ0n) is 23.6. The number of nitrogens with zero attached hydrogens (tertiary/aromatic N) is 2. The van der Waals surface area contributed by atoms with Crippen LogP contribution in [0.15, 0.2) is 42.6 Å². The predicted octanol–water partition coefficient (Wildman–Crippen LogP) is 5.45. The van der Waals surface area contributed by atoms with Gasteiger partial charge in [-0.15, -0.1) is 0 Å². The van der Waals surface area contributed by atoms with Gasteiger partial charge in [0.2, 0.25) is 5.91 Å². The number of alkyl halides is 1. The number of carbonyl (C=O) groups excluding carboxylic acids is 3. The molecule has 2 heterocycles. The number of likely N-dealkylation sites (tertiary alicyclic amines) is 1. The Balaban J connectivity index is 1.20. The second-order valence-electron chi connectivity index (χ2n) is 11.1. The third-order valence-electron chi connectivity index (χ3n) is 8.28. The molecule has 1 saturated carbocycles. The summed E-state index contributed by atoms with van der Waals surface area (Å²) in [4.78, 5) is 39.4. The van der Waals surface area contributed by atoms with Gasteiger partial charge in [-0.05, 0) is 49.4 Å². The molecule has 5 rings (SSSR count). The number of esters is 1. The van der Waals surface area contributed by atoms with Gasteiger partial charge in [-0.3, -0.25) is 14.4 Å². The van der Waals surface area contributed by atoms with E-state index in [1.165, 1.54) is 18.1 Å². The van der Waals surface area contributed by atoms with Crippen LogP contribution in [0.25, 0.3) is 10.9 Å². The third-order valence-corrected chi connectivity index (χ3v) is 8.60. The van der Waals surface area contributed by atoms with Crippen LogP contribution >= 0.6 is 11.6 Å². The van der Waals surface area contributed by atoms with Crippen molar-refractivity contribution in [2.75, 3.05) is 25.6 Å². The van der Waals surface area contributed by atoms with Crippen LogP contribution in [-0.4, -0.2) is 65.8 Å². The van der Waals surface area contributed by atoms with Crippen LogP contribution in [0.4, 0.5) is 14.5 Å².